The summed E-state index contributed by atoms with van der Waals surface area (Å²) in [6, 6.07) is 17.5. The number of carbonyl (C=O) groups excluding carboxylic acids is 4. The third kappa shape index (κ3) is 6.90. The maximum Gasteiger partial charge on any atom is 0.329 e. The number of hydrogen-bond donors (Lipinski definition) is 2. The van der Waals surface area contributed by atoms with Gasteiger partial charge in [0, 0.05) is 24.1 Å². The molecule has 0 bridgehead atoms. The lowest BCUT2D eigenvalue weighted by molar-refractivity contribution is -0.144. The highest BCUT2D eigenvalue weighted by Gasteiger charge is 2.25. The Labute approximate surface area is 190 Å². The summed E-state index contributed by atoms with van der Waals surface area (Å²) in [5.41, 5.74) is 1.71. The second kappa shape index (κ2) is 11.4. The smallest absolute Gasteiger partial charge is 0.329 e. The highest BCUT2D eigenvalue weighted by atomic mass is 16.5. The van der Waals surface area contributed by atoms with Crippen molar-refractivity contribution in [3.05, 3.63) is 89.9 Å². The first-order valence-corrected chi connectivity index (χ1v) is 10.4. The molecule has 8 nitrogen and oxygen atoms in total. The number of carbonyl (C=O) groups is 4. The molecule has 1 atom stereocenters. The summed E-state index contributed by atoms with van der Waals surface area (Å²) in [5, 5.41) is 5.30. The van der Waals surface area contributed by atoms with Crippen molar-refractivity contribution < 1.29 is 28.3 Å². The molecular formula is C25H24N2O6. The van der Waals surface area contributed by atoms with Crippen molar-refractivity contribution in [1.29, 1.82) is 0 Å². The quantitative estimate of drug-likeness (QED) is 0.363. The van der Waals surface area contributed by atoms with Crippen LogP contribution in [0.15, 0.2) is 77.4 Å². The zero-order valence-electron chi connectivity index (χ0n) is 18.1. The molecule has 33 heavy (non-hydrogen) atoms. The second-order valence-electron chi connectivity index (χ2n) is 7.20. The molecule has 0 aliphatic rings. The molecule has 2 amide bonds. The van der Waals surface area contributed by atoms with E-state index in [4.69, 9.17) is 9.15 Å². The summed E-state index contributed by atoms with van der Waals surface area (Å²) in [6.45, 7) is 1.26. The Bertz CT molecular complexity index is 1090. The van der Waals surface area contributed by atoms with Gasteiger partial charge in [0.25, 0.3) is 5.91 Å². The predicted molar refractivity (Wildman–Crippen MR) is 121 cm³/mol. The Morgan fingerprint density at radius 1 is 0.939 bits per heavy atom. The van der Waals surface area contributed by atoms with E-state index in [2.05, 4.69) is 10.6 Å². The van der Waals surface area contributed by atoms with Crippen molar-refractivity contribution in [1.82, 2.24) is 5.32 Å². The van der Waals surface area contributed by atoms with Gasteiger partial charge in [-0.15, -0.1) is 0 Å². The third-order valence-corrected chi connectivity index (χ3v) is 4.77. The monoisotopic (exact) mass is 448 g/mol. The normalized spacial score (nSPS) is 11.3. The molecule has 2 aromatic carbocycles. The number of furan rings is 1. The first-order valence-electron chi connectivity index (χ1n) is 10.4. The molecule has 1 heterocycles. The molecule has 0 spiro atoms. The van der Waals surface area contributed by atoms with Gasteiger partial charge >= 0.3 is 5.97 Å². The number of nitrogens with one attached hydrogen (secondary N) is 2. The van der Waals surface area contributed by atoms with E-state index < -0.39 is 30.3 Å². The van der Waals surface area contributed by atoms with Gasteiger partial charge in [0.1, 0.15) is 6.04 Å². The van der Waals surface area contributed by atoms with Gasteiger partial charge in [0.2, 0.25) is 5.91 Å². The van der Waals surface area contributed by atoms with Crippen LogP contribution >= 0.6 is 0 Å². The molecule has 2 N–H and O–H groups in total. The van der Waals surface area contributed by atoms with Gasteiger partial charge in [-0.3, -0.25) is 14.4 Å². The lowest BCUT2D eigenvalue weighted by Gasteiger charge is -2.17. The molecule has 0 fully saturated rings. The van der Waals surface area contributed by atoms with E-state index in [0.29, 0.717) is 17.7 Å². The number of rotatable bonds is 10. The zero-order chi connectivity index (χ0) is 23.6. The first kappa shape index (κ1) is 23.5. The van der Waals surface area contributed by atoms with Gasteiger partial charge in [-0.05, 0) is 42.0 Å². The van der Waals surface area contributed by atoms with E-state index in [0.717, 1.165) is 5.56 Å². The van der Waals surface area contributed by atoms with E-state index in [9.17, 15) is 19.2 Å². The van der Waals surface area contributed by atoms with E-state index in [-0.39, 0.29) is 18.1 Å². The second-order valence-corrected chi connectivity index (χ2v) is 7.20. The third-order valence-electron chi connectivity index (χ3n) is 4.77. The number of hydrogen-bond acceptors (Lipinski definition) is 6. The zero-order valence-corrected chi connectivity index (χ0v) is 18.1. The minimum absolute atomic E-state index is 0.0622. The van der Waals surface area contributed by atoms with Crippen molar-refractivity contribution in [2.24, 2.45) is 0 Å². The van der Waals surface area contributed by atoms with Crippen molar-refractivity contribution in [2.45, 2.75) is 25.8 Å². The van der Waals surface area contributed by atoms with Gasteiger partial charge < -0.3 is 19.8 Å². The van der Waals surface area contributed by atoms with Gasteiger partial charge in [-0.2, -0.15) is 0 Å². The molecule has 0 radical (unpaired) electrons. The molecule has 0 saturated heterocycles. The van der Waals surface area contributed by atoms with E-state index in [1.165, 1.54) is 12.3 Å². The highest BCUT2D eigenvalue weighted by molar-refractivity contribution is 5.99. The van der Waals surface area contributed by atoms with Crippen LogP contribution in [0, 0.1) is 0 Å². The maximum absolute atomic E-state index is 12.7. The minimum atomic E-state index is -1.01. The van der Waals surface area contributed by atoms with E-state index in [1.54, 1.807) is 37.3 Å². The summed E-state index contributed by atoms with van der Waals surface area (Å²) >= 11 is 0. The first-order chi connectivity index (χ1) is 16.0. The van der Waals surface area contributed by atoms with Gasteiger partial charge in [-0.25, -0.2) is 4.79 Å². The SMILES string of the molecule is CCC(=O)Nc1ccc(C(=O)COC(=O)C(Cc2ccccc2)NC(=O)c2ccco2)cc1. The number of esters is 1. The number of Topliss-reactive ketones (excluding diaryl/α,β-unsaturated/α-hetero) is 1. The van der Waals surface area contributed by atoms with Crippen LogP contribution in [0.25, 0.3) is 0 Å². The van der Waals surface area contributed by atoms with Crippen molar-refractivity contribution >= 4 is 29.3 Å². The molecule has 3 aromatic rings. The molecule has 0 aliphatic carbocycles. The van der Waals surface area contributed by atoms with E-state index in [1.807, 2.05) is 30.3 Å². The Hall–Kier alpha value is -4.20. The number of ether oxygens (including phenoxy) is 1. The van der Waals surface area contributed by atoms with Crippen molar-refractivity contribution in [3.8, 4) is 0 Å². The predicted octanol–water partition coefficient (Wildman–Crippen LogP) is 3.40. The van der Waals surface area contributed by atoms with Gasteiger partial charge in [-0.1, -0.05) is 37.3 Å². The van der Waals surface area contributed by atoms with Crippen LogP contribution in [0.3, 0.4) is 0 Å². The lowest BCUT2D eigenvalue weighted by Crippen LogP contribution is -2.43. The number of amides is 2. The molecule has 3 rings (SSSR count). The molecule has 1 aromatic heterocycles. The highest BCUT2D eigenvalue weighted by Crippen LogP contribution is 2.12. The average Bonchev–Trinajstić information content (AvgIpc) is 3.38. The minimum Gasteiger partial charge on any atom is -0.459 e. The summed E-state index contributed by atoms with van der Waals surface area (Å²) < 4.78 is 10.3. The van der Waals surface area contributed by atoms with Crippen LogP contribution in [0.4, 0.5) is 5.69 Å². The number of anilines is 1. The van der Waals surface area contributed by atoms with Crippen molar-refractivity contribution in [3.63, 3.8) is 0 Å². The molecular weight excluding hydrogens is 424 g/mol. The van der Waals surface area contributed by atoms with Crippen LogP contribution in [-0.4, -0.2) is 36.2 Å². The van der Waals surface area contributed by atoms with Crippen LogP contribution < -0.4 is 10.6 Å². The van der Waals surface area contributed by atoms with Crippen LogP contribution in [0.2, 0.25) is 0 Å². The van der Waals surface area contributed by atoms with E-state index >= 15 is 0 Å². The van der Waals surface area contributed by atoms with Crippen molar-refractivity contribution in [2.75, 3.05) is 11.9 Å². The lowest BCUT2D eigenvalue weighted by atomic mass is 10.1. The Morgan fingerprint density at radius 2 is 1.67 bits per heavy atom. The summed E-state index contributed by atoms with van der Waals surface area (Å²) in [5.74, 6) is -1.78. The van der Waals surface area contributed by atoms with Crippen LogP contribution in [-0.2, 0) is 20.7 Å². The largest absolute Gasteiger partial charge is 0.459 e. The number of benzene rings is 2. The maximum atomic E-state index is 12.7. The van der Waals surface area contributed by atoms with Crippen LogP contribution in [0.5, 0.6) is 0 Å². The average molecular weight is 448 g/mol. The molecule has 0 saturated carbocycles. The molecule has 1 unspecified atom stereocenters. The summed E-state index contributed by atoms with van der Waals surface area (Å²) in [7, 11) is 0. The fourth-order valence-electron chi connectivity index (χ4n) is 2.99. The molecule has 170 valence electrons. The fraction of sp³-hybridized carbons (Fsp3) is 0.200. The Morgan fingerprint density at radius 3 is 2.30 bits per heavy atom. The molecule has 8 heteroatoms. The fourth-order valence-corrected chi connectivity index (χ4v) is 2.99. The Kier molecular flexibility index (Phi) is 8.13. The number of ketones is 1. The Balaban J connectivity index is 1.62. The van der Waals surface area contributed by atoms with Crippen LogP contribution in [0.1, 0.15) is 39.8 Å². The van der Waals surface area contributed by atoms with Gasteiger partial charge in [0.15, 0.2) is 18.2 Å². The summed E-state index contributed by atoms with van der Waals surface area (Å²) in [6.07, 6.45) is 1.89. The standard InChI is InChI=1S/C25H24N2O6/c1-2-23(29)26-19-12-10-18(11-13-19)21(28)16-33-25(31)20(15-17-7-4-3-5-8-17)27-24(30)22-9-6-14-32-22/h3-14,20H,2,15-16H2,1H3,(H,26,29)(H,27,30). The van der Waals surface area contributed by atoms with Gasteiger partial charge in [0.05, 0.1) is 6.26 Å². The topological polar surface area (TPSA) is 115 Å². The summed E-state index contributed by atoms with van der Waals surface area (Å²) in [4.78, 5) is 49.0. The molecule has 0 aliphatic heterocycles.